The standard InChI is InChI=1S/C11H14ClN3S/c1-3-7(2)6-15-10-9(14-11(15)16)4-8(12)5-13-10/h4-5,7H,3,6H2,1-2H3,(H,14,16). The molecule has 0 aliphatic rings. The molecule has 5 heteroatoms. The predicted molar refractivity (Wildman–Crippen MR) is 69.4 cm³/mol. The summed E-state index contributed by atoms with van der Waals surface area (Å²) in [6.07, 6.45) is 2.78. The number of H-pyrrole nitrogens is 1. The SMILES string of the molecule is CCC(C)Cn1c(=S)[nH]c2cc(Cl)cnc21. The fraction of sp³-hybridized carbons (Fsp3) is 0.455. The average Bonchev–Trinajstić information content (AvgIpc) is 2.54. The zero-order valence-corrected chi connectivity index (χ0v) is 10.9. The molecule has 0 spiro atoms. The summed E-state index contributed by atoms with van der Waals surface area (Å²) in [6, 6.07) is 1.85. The smallest absolute Gasteiger partial charge is 0.179 e. The van der Waals surface area contributed by atoms with E-state index in [0.717, 1.165) is 24.1 Å². The van der Waals surface area contributed by atoms with Crippen molar-refractivity contribution in [1.82, 2.24) is 14.5 Å². The fourth-order valence-electron chi connectivity index (χ4n) is 1.63. The quantitative estimate of drug-likeness (QED) is 0.847. The molecule has 2 aromatic heterocycles. The van der Waals surface area contributed by atoms with Gasteiger partial charge < -0.3 is 9.55 Å². The van der Waals surface area contributed by atoms with Crippen LogP contribution < -0.4 is 0 Å². The van der Waals surface area contributed by atoms with Crippen LogP contribution in [0.2, 0.25) is 5.02 Å². The highest BCUT2D eigenvalue weighted by atomic mass is 35.5. The largest absolute Gasteiger partial charge is 0.329 e. The van der Waals surface area contributed by atoms with Crippen molar-refractivity contribution in [3.8, 4) is 0 Å². The van der Waals surface area contributed by atoms with Crippen LogP contribution in [0.15, 0.2) is 12.3 Å². The van der Waals surface area contributed by atoms with Gasteiger partial charge in [0, 0.05) is 12.7 Å². The van der Waals surface area contributed by atoms with Crippen LogP contribution in [0, 0.1) is 10.7 Å². The number of pyridine rings is 1. The minimum Gasteiger partial charge on any atom is -0.329 e. The molecule has 3 nitrogen and oxygen atoms in total. The molecule has 2 rings (SSSR count). The maximum absolute atomic E-state index is 5.89. The Morgan fingerprint density at radius 2 is 2.38 bits per heavy atom. The fourth-order valence-corrected chi connectivity index (χ4v) is 2.06. The van der Waals surface area contributed by atoms with E-state index in [4.69, 9.17) is 23.8 Å². The van der Waals surface area contributed by atoms with Gasteiger partial charge in [-0.25, -0.2) is 4.98 Å². The molecule has 0 bridgehead atoms. The molecule has 0 amide bonds. The number of aromatic nitrogens is 3. The maximum Gasteiger partial charge on any atom is 0.179 e. The second-order valence-electron chi connectivity index (χ2n) is 4.08. The molecule has 0 aliphatic carbocycles. The molecule has 2 aromatic rings. The molecule has 0 saturated carbocycles. The Morgan fingerprint density at radius 1 is 1.62 bits per heavy atom. The van der Waals surface area contributed by atoms with E-state index < -0.39 is 0 Å². The first-order valence-electron chi connectivity index (χ1n) is 5.36. The molecule has 2 heterocycles. The third kappa shape index (κ3) is 2.13. The molecule has 0 radical (unpaired) electrons. The van der Waals surface area contributed by atoms with Crippen molar-refractivity contribution < 1.29 is 0 Å². The van der Waals surface area contributed by atoms with E-state index in [9.17, 15) is 0 Å². The maximum atomic E-state index is 5.89. The van der Waals surface area contributed by atoms with Gasteiger partial charge in [0.15, 0.2) is 10.4 Å². The minimum absolute atomic E-state index is 0.586. The molecule has 16 heavy (non-hydrogen) atoms. The van der Waals surface area contributed by atoms with Crippen LogP contribution in [-0.4, -0.2) is 14.5 Å². The second kappa shape index (κ2) is 4.55. The van der Waals surface area contributed by atoms with Gasteiger partial charge in [0.05, 0.1) is 10.5 Å². The van der Waals surface area contributed by atoms with Crippen LogP contribution in [0.1, 0.15) is 20.3 Å². The number of rotatable bonds is 3. The van der Waals surface area contributed by atoms with E-state index in [0.29, 0.717) is 15.7 Å². The summed E-state index contributed by atoms with van der Waals surface area (Å²) in [6.45, 7) is 5.27. The Bertz CT molecular complexity index is 558. The summed E-state index contributed by atoms with van der Waals surface area (Å²) in [4.78, 5) is 7.45. The third-order valence-corrected chi connectivity index (χ3v) is 3.30. The first kappa shape index (κ1) is 11.6. The Labute approximate surface area is 104 Å². The molecular formula is C11H14ClN3S. The second-order valence-corrected chi connectivity index (χ2v) is 4.90. The van der Waals surface area contributed by atoms with Gasteiger partial charge in [0.25, 0.3) is 0 Å². The molecule has 0 saturated heterocycles. The Morgan fingerprint density at radius 3 is 3.06 bits per heavy atom. The normalized spacial score (nSPS) is 13.2. The van der Waals surface area contributed by atoms with E-state index in [1.54, 1.807) is 6.20 Å². The Hall–Kier alpha value is -0.870. The topological polar surface area (TPSA) is 33.6 Å². The number of fused-ring (bicyclic) bond motifs is 1. The zero-order chi connectivity index (χ0) is 11.7. The van der Waals surface area contributed by atoms with Crippen molar-refractivity contribution in [2.45, 2.75) is 26.8 Å². The summed E-state index contributed by atoms with van der Waals surface area (Å²) in [5, 5.41) is 0.624. The molecule has 0 aliphatic heterocycles. The lowest BCUT2D eigenvalue weighted by atomic mass is 10.1. The minimum atomic E-state index is 0.586. The number of aromatic amines is 1. The van der Waals surface area contributed by atoms with Crippen molar-refractivity contribution in [3.63, 3.8) is 0 Å². The predicted octanol–water partition coefficient (Wildman–Crippen LogP) is 3.79. The van der Waals surface area contributed by atoms with Gasteiger partial charge >= 0.3 is 0 Å². The lowest BCUT2D eigenvalue weighted by molar-refractivity contribution is 0.471. The van der Waals surface area contributed by atoms with Crippen molar-refractivity contribution >= 4 is 35.0 Å². The van der Waals surface area contributed by atoms with E-state index in [1.165, 1.54) is 0 Å². The monoisotopic (exact) mass is 255 g/mol. The molecular weight excluding hydrogens is 242 g/mol. The van der Waals surface area contributed by atoms with Gasteiger partial charge in [-0.15, -0.1) is 0 Å². The van der Waals surface area contributed by atoms with E-state index in [2.05, 4.69) is 23.8 Å². The van der Waals surface area contributed by atoms with Crippen LogP contribution in [0.25, 0.3) is 11.2 Å². The molecule has 1 atom stereocenters. The third-order valence-electron chi connectivity index (χ3n) is 2.77. The van der Waals surface area contributed by atoms with Crippen molar-refractivity contribution in [2.24, 2.45) is 5.92 Å². The van der Waals surface area contributed by atoms with Crippen LogP contribution in [-0.2, 0) is 6.54 Å². The molecule has 86 valence electrons. The van der Waals surface area contributed by atoms with Crippen LogP contribution in [0.3, 0.4) is 0 Å². The van der Waals surface area contributed by atoms with Gasteiger partial charge in [-0.1, -0.05) is 31.9 Å². The average molecular weight is 256 g/mol. The Kier molecular flexibility index (Phi) is 3.30. The lowest BCUT2D eigenvalue weighted by Crippen LogP contribution is -2.07. The van der Waals surface area contributed by atoms with Crippen molar-refractivity contribution in [2.75, 3.05) is 0 Å². The summed E-state index contributed by atoms with van der Waals surface area (Å²) < 4.78 is 2.75. The van der Waals surface area contributed by atoms with E-state index in [-0.39, 0.29) is 0 Å². The van der Waals surface area contributed by atoms with Gasteiger partial charge in [-0.3, -0.25) is 0 Å². The van der Waals surface area contributed by atoms with Gasteiger partial charge in [-0.2, -0.15) is 0 Å². The van der Waals surface area contributed by atoms with Crippen molar-refractivity contribution in [3.05, 3.63) is 22.1 Å². The van der Waals surface area contributed by atoms with Crippen LogP contribution in [0.5, 0.6) is 0 Å². The molecule has 1 unspecified atom stereocenters. The molecule has 0 fully saturated rings. The van der Waals surface area contributed by atoms with E-state index >= 15 is 0 Å². The summed E-state index contributed by atoms with van der Waals surface area (Å²) in [7, 11) is 0. The first-order chi connectivity index (χ1) is 7.61. The van der Waals surface area contributed by atoms with Crippen LogP contribution in [0.4, 0.5) is 0 Å². The Balaban J connectivity index is 2.52. The zero-order valence-electron chi connectivity index (χ0n) is 9.33. The number of imidazole rings is 1. The van der Waals surface area contributed by atoms with Crippen molar-refractivity contribution in [1.29, 1.82) is 0 Å². The van der Waals surface area contributed by atoms with Gasteiger partial charge in [0.1, 0.15) is 0 Å². The number of halogens is 1. The number of nitrogens with one attached hydrogen (secondary N) is 1. The highest BCUT2D eigenvalue weighted by Gasteiger charge is 2.08. The lowest BCUT2D eigenvalue weighted by Gasteiger charge is -2.09. The number of nitrogens with zero attached hydrogens (tertiary/aromatic N) is 2. The highest BCUT2D eigenvalue weighted by molar-refractivity contribution is 7.71. The van der Waals surface area contributed by atoms with Crippen LogP contribution >= 0.6 is 23.8 Å². The highest BCUT2D eigenvalue weighted by Crippen LogP contribution is 2.18. The summed E-state index contributed by atoms with van der Waals surface area (Å²) in [5.74, 6) is 0.586. The van der Waals surface area contributed by atoms with Gasteiger partial charge in [0.2, 0.25) is 0 Å². The first-order valence-corrected chi connectivity index (χ1v) is 6.14. The van der Waals surface area contributed by atoms with E-state index in [1.807, 2.05) is 10.6 Å². The summed E-state index contributed by atoms with van der Waals surface area (Å²) in [5.41, 5.74) is 1.79. The van der Waals surface area contributed by atoms with Gasteiger partial charge in [-0.05, 0) is 24.2 Å². The molecule has 1 N–H and O–H groups in total. The molecule has 0 aromatic carbocycles. The number of hydrogen-bond acceptors (Lipinski definition) is 2. The summed E-state index contributed by atoms with van der Waals surface area (Å²) >= 11 is 11.2. The number of hydrogen-bond donors (Lipinski definition) is 1.